The molecule has 8 nitrogen and oxygen atoms in total. The lowest BCUT2D eigenvalue weighted by Crippen LogP contribution is -2.29. The second kappa shape index (κ2) is 35.4. The summed E-state index contributed by atoms with van der Waals surface area (Å²) in [4.78, 5) is 42.7. The van der Waals surface area contributed by atoms with Crippen LogP contribution in [0, 0.1) is 0 Å². The molecule has 1 atom stereocenters. The highest BCUT2D eigenvalue weighted by atomic mass is 31.2. The maximum Gasteiger partial charge on any atom is 0.469 e. The zero-order chi connectivity index (χ0) is 35.4. The Balaban J connectivity index is 3.97. The van der Waals surface area contributed by atoms with Crippen LogP contribution in [-0.4, -0.2) is 41.0 Å². The fourth-order valence-corrected chi connectivity index (χ4v) is 5.85. The van der Waals surface area contributed by atoms with Gasteiger partial charge in [0.2, 0.25) is 0 Å². The van der Waals surface area contributed by atoms with E-state index in [1.807, 2.05) is 6.08 Å². The van der Waals surface area contributed by atoms with Crippen LogP contribution in [0.15, 0.2) is 24.3 Å². The third-order valence-electron chi connectivity index (χ3n) is 8.46. The van der Waals surface area contributed by atoms with E-state index in [4.69, 9.17) is 19.3 Å². The Morgan fingerprint density at radius 1 is 0.521 bits per heavy atom. The summed E-state index contributed by atoms with van der Waals surface area (Å²) in [6, 6.07) is 0. The maximum atomic E-state index is 12.4. The molecule has 0 unspecified atom stereocenters. The van der Waals surface area contributed by atoms with Gasteiger partial charge in [0.15, 0.2) is 6.10 Å². The molecular weight excluding hydrogens is 627 g/mol. The fourth-order valence-electron chi connectivity index (χ4n) is 5.49. The molecule has 0 aliphatic rings. The van der Waals surface area contributed by atoms with E-state index in [-0.39, 0.29) is 19.4 Å². The van der Waals surface area contributed by atoms with Crippen molar-refractivity contribution < 1.29 is 37.9 Å². The monoisotopic (exact) mass is 701 g/mol. The Bertz CT molecular complexity index is 838. The molecule has 0 heterocycles. The minimum Gasteiger partial charge on any atom is -0.462 e. The topological polar surface area (TPSA) is 119 Å². The number of hydrogen-bond donors (Lipinski definition) is 2. The summed E-state index contributed by atoms with van der Waals surface area (Å²) < 4.78 is 26.3. The van der Waals surface area contributed by atoms with Gasteiger partial charge in [-0.25, -0.2) is 4.57 Å². The summed E-state index contributed by atoms with van der Waals surface area (Å²) in [5, 5.41) is 0. The molecule has 0 radical (unpaired) electrons. The van der Waals surface area contributed by atoms with Crippen LogP contribution in [0.2, 0.25) is 0 Å². The summed E-state index contributed by atoms with van der Waals surface area (Å²) in [7, 11) is -4.75. The maximum absolute atomic E-state index is 12.4. The van der Waals surface area contributed by atoms with Crippen molar-refractivity contribution in [1.29, 1.82) is 0 Å². The largest absolute Gasteiger partial charge is 0.469 e. The van der Waals surface area contributed by atoms with E-state index in [2.05, 4.69) is 36.6 Å². The van der Waals surface area contributed by atoms with Gasteiger partial charge in [-0.3, -0.25) is 14.1 Å². The highest BCUT2D eigenvalue weighted by Gasteiger charge is 2.22. The molecule has 0 aromatic heterocycles. The number of allylic oxidation sites excluding steroid dienone is 4. The molecule has 0 aliphatic heterocycles. The van der Waals surface area contributed by atoms with Crippen LogP contribution in [0.4, 0.5) is 0 Å². The van der Waals surface area contributed by atoms with E-state index in [1.165, 1.54) is 122 Å². The molecule has 0 aliphatic carbocycles. The minimum atomic E-state index is -4.75. The zero-order valence-corrected chi connectivity index (χ0v) is 31.8. The second-order valence-electron chi connectivity index (χ2n) is 13.2. The van der Waals surface area contributed by atoms with Gasteiger partial charge in [-0.1, -0.05) is 160 Å². The average Bonchev–Trinajstić information content (AvgIpc) is 3.05. The predicted molar refractivity (Wildman–Crippen MR) is 198 cm³/mol. The van der Waals surface area contributed by atoms with Crippen LogP contribution in [-0.2, 0) is 28.2 Å². The molecule has 282 valence electrons. The molecule has 48 heavy (non-hydrogen) atoms. The first-order valence-corrected chi connectivity index (χ1v) is 21.2. The van der Waals surface area contributed by atoms with Crippen molar-refractivity contribution in [3.63, 3.8) is 0 Å². The molecule has 0 spiro atoms. The number of hydrogen-bond acceptors (Lipinski definition) is 6. The molecule has 0 amide bonds. The van der Waals surface area contributed by atoms with Gasteiger partial charge in [-0.15, -0.1) is 0 Å². The minimum absolute atomic E-state index is 0.186. The fraction of sp³-hybridized carbons (Fsp3) is 0.846. The molecule has 9 heteroatoms. The predicted octanol–water partition coefficient (Wildman–Crippen LogP) is 11.6. The van der Waals surface area contributed by atoms with E-state index in [0.29, 0.717) is 12.8 Å². The quantitative estimate of drug-likeness (QED) is 0.0287. The van der Waals surface area contributed by atoms with E-state index in [9.17, 15) is 14.2 Å². The van der Waals surface area contributed by atoms with E-state index in [0.717, 1.165) is 32.1 Å². The Hall–Kier alpha value is -1.47. The van der Waals surface area contributed by atoms with Crippen LogP contribution in [0.25, 0.3) is 0 Å². The summed E-state index contributed by atoms with van der Waals surface area (Å²) >= 11 is 0. The van der Waals surface area contributed by atoms with Crippen LogP contribution < -0.4 is 0 Å². The van der Waals surface area contributed by atoms with E-state index < -0.39 is 32.5 Å². The van der Waals surface area contributed by atoms with Gasteiger partial charge in [0, 0.05) is 12.8 Å². The highest BCUT2D eigenvalue weighted by molar-refractivity contribution is 7.46. The first kappa shape index (κ1) is 46.5. The van der Waals surface area contributed by atoms with Crippen LogP contribution in [0.5, 0.6) is 0 Å². The molecule has 2 N–H and O–H groups in total. The van der Waals surface area contributed by atoms with Gasteiger partial charge in [-0.2, -0.15) is 0 Å². The molecule has 0 rings (SSSR count). The lowest BCUT2D eigenvalue weighted by molar-refractivity contribution is -0.161. The first-order chi connectivity index (χ1) is 23.3. The zero-order valence-electron chi connectivity index (χ0n) is 30.9. The van der Waals surface area contributed by atoms with Crippen molar-refractivity contribution in [3.05, 3.63) is 24.3 Å². The number of ether oxygens (including phenoxy) is 2. The van der Waals surface area contributed by atoms with E-state index >= 15 is 0 Å². The lowest BCUT2D eigenvalue weighted by atomic mass is 10.1. The summed E-state index contributed by atoms with van der Waals surface area (Å²) in [5.74, 6) is -0.940. The van der Waals surface area contributed by atoms with Crippen LogP contribution >= 0.6 is 7.82 Å². The number of esters is 2. The van der Waals surface area contributed by atoms with Crippen molar-refractivity contribution in [1.82, 2.24) is 0 Å². The number of unbranched alkanes of at least 4 members (excludes halogenated alkanes) is 22. The van der Waals surface area contributed by atoms with Gasteiger partial charge >= 0.3 is 19.8 Å². The lowest BCUT2D eigenvalue weighted by Gasteiger charge is -2.18. The molecule has 0 bridgehead atoms. The normalized spacial score (nSPS) is 12.7. The molecule has 0 saturated carbocycles. The number of rotatable bonds is 36. The summed E-state index contributed by atoms with van der Waals surface area (Å²) in [5.41, 5.74) is 0. The molecule has 0 aromatic carbocycles. The van der Waals surface area contributed by atoms with Gasteiger partial charge in [0.25, 0.3) is 0 Å². The SMILES string of the molecule is CCCC/C=C/CCCCCCCCCCCC(=O)O[C@H](COC(=O)CC/C=C/CCCCCCCCCCCCC)COP(=O)(O)O. The standard InChI is InChI=1S/C39H73O8P/c1-3-5-7-9-11-13-15-17-19-21-23-25-27-29-31-33-38(40)45-35-37(36-46-48(42,43)44)47-39(41)34-32-30-28-26-24-22-20-18-16-14-12-10-8-6-4-2/h10,12,27,29,37H,3-9,11,13-26,28,30-36H2,1-2H3,(H2,42,43,44)/b12-10+,29-27+/t37-/m1/s1. The van der Waals surface area contributed by atoms with Crippen molar-refractivity contribution in [2.75, 3.05) is 13.2 Å². The molecule has 0 fully saturated rings. The van der Waals surface area contributed by atoms with Gasteiger partial charge in [0.1, 0.15) is 6.61 Å². The van der Waals surface area contributed by atoms with Gasteiger partial charge in [-0.05, 0) is 44.9 Å². The summed E-state index contributed by atoms with van der Waals surface area (Å²) in [6.45, 7) is 3.62. The number of phosphoric acid groups is 1. The van der Waals surface area contributed by atoms with Crippen molar-refractivity contribution in [2.24, 2.45) is 0 Å². The number of phosphoric ester groups is 1. The van der Waals surface area contributed by atoms with Crippen LogP contribution in [0.3, 0.4) is 0 Å². The third kappa shape index (κ3) is 37.4. The number of carbonyl (C=O) groups is 2. The Morgan fingerprint density at radius 2 is 0.938 bits per heavy atom. The van der Waals surface area contributed by atoms with Crippen molar-refractivity contribution in [2.45, 2.75) is 200 Å². The molecule has 0 aromatic rings. The Morgan fingerprint density at radius 3 is 1.42 bits per heavy atom. The van der Waals surface area contributed by atoms with Gasteiger partial charge in [0.05, 0.1) is 6.61 Å². The van der Waals surface area contributed by atoms with Gasteiger partial charge < -0.3 is 19.3 Å². The van der Waals surface area contributed by atoms with Crippen molar-refractivity contribution in [3.8, 4) is 0 Å². The molecular formula is C39H73O8P. The Kier molecular flexibility index (Phi) is 34.3. The highest BCUT2D eigenvalue weighted by Crippen LogP contribution is 2.36. The van der Waals surface area contributed by atoms with Crippen molar-refractivity contribution >= 4 is 19.8 Å². The summed E-state index contributed by atoms with van der Waals surface area (Å²) in [6.07, 6.45) is 39.1. The third-order valence-corrected chi connectivity index (χ3v) is 8.94. The molecule has 0 saturated heterocycles. The van der Waals surface area contributed by atoms with Crippen LogP contribution in [0.1, 0.15) is 194 Å². The van der Waals surface area contributed by atoms with E-state index in [1.54, 1.807) is 0 Å². The Labute approximate surface area is 294 Å². The smallest absolute Gasteiger partial charge is 0.462 e. The first-order valence-electron chi connectivity index (χ1n) is 19.6. The number of carbonyl (C=O) groups excluding carboxylic acids is 2. The average molecular weight is 701 g/mol. The second-order valence-corrected chi connectivity index (χ2v) is 14.5.